The third kappa shape index (κ3) is 5.82. The molecule has 5 nitrogen and oxygen atoms in total. The Hall–Kier alpha value is -2.34. The standard InChI is InChI=1S/C21H26N2O3S/c1-27(25,26)16-19-11-9-18(10-12-19)15-22-21(24)23-13-5-8-20(23)14-17-6-3-2-4-7-17/h2-4,6-7,9-12,20H,5,8,13-16H2,1H3,(H,22,24). The van der Waals surface area contributed by atoms with Gasteiger partial charge in [0.1, 0.15) is 0 Å². The van der Waals surface area contributed by atoms with Gasteiger partial charge in [-0.15, -0.1) is 0 Å². The van der Waals surface area contributed by atoms with Gasteiger partial charge in [0.15, 0.2) is 9.84 Å². The van der Waals surface area contributed by atoms with E-state index in [4.69, 9.17) is 0 Å². The van der Waals surface area contributed by atoms with Crippen LogP contribution >= 0.6 is 0 Å². The number of hydrogen-bond acceptors (Lipinski definition) is 3. The third-order valence-corrected chi connectivity index (χ3v) is 5.71. The van der Waals surface area contributed by atoms with E-state index in [2.05, 4.69) is 17.4 Å². The molecule has 2 aromatic rings. The fraction of sp³-hybridized carbons (Fsp3) is 0.381. The molecule has 1 aliphatic heterocycles. The average molecular weight is 387 g/mol. The number of rotatable bonds is 6. The predicted octanol–water partition coefficient (Wildman–Crippen LogP) is 3.15. The second kappa shape index (κ2) is 8.57. The van der Waals surface area contributed by atoms with Crippen LogP contribution < -0.4 is 5.32 Å². The molecule has 0 aliphatic carbocycles. The zero-order valence-corrected chi connectivity index (χ0v) is 16.4. The van der Waals surface area contributed by atoms with E-state index in [1.807, 2.05) is 35.2 Å². The van der Waals surface area contributed by atoms with Gasteiger partial charge in [0, 0.05) is 25.4 Å². The Balaban J connectivity index is 1.53. The molecule has 2 aromatic carbocycles. The number of likely N-dealkylation sites (tertiary alicyclic amines) is 1. The van der Waals surface area contributed by atoms with Crippen LogP contribution in [0.1, 0.15) is 29.5 Å². The summed E-state index contributed by atoms with van der Waals surface area (Å²) in [6, 6.07) is 17.8. The predicted molar refractivity (Wildman–Crippen MR) is 107 cm³/mol. The van der Waals surface area contributed by atoms with Gasteiger partial charge in [-0.2, -0.15) is 0 Å². The summed E-state index contributed by atoms with van der Waals surface area (Å²) in [5, 5.41) is 2.99. The molecule has 1 fully saturated rings. The summed E-state index contributed by atoms with van der Waals surface area (Å²) in [6.07, 6.45) is 4.17. The first-order valence-corrected chi connectivity index (χ1v) is 11.3. The van der Waals surface area contributed by atoms with Crippen molar-refractivity contribution in [2.45, 2.75) is 37.6 Å². The first kappa shape index (κ1) is 19.4. The van der Waals surface area contributed by atoms with Crippen molar-refractivity contribution in [2.75, 3.05) is 12.8 Å². The minimum absolute atomic E-state index is 0.0337. The van der Waals surface area contributed by atoms with Gasteiger partial charge in [0.2, 0.25) is 0 Å². The van der Waals surface area contributed by atoms with Gasteiger partial charge in [0.05, 0.1) is 5.75 Å². The van der Waals surface area contributed by atoms with Crippen molar-refractivity contribution < 1.29 is 13.2 Å². The Morgan fingerprint density at radius 1 is 1.04 bits per heavy atom. The molecule has 1 aliphatic rings. The van der Waals surface area contributed by atoms with Crippen LogP contribution in [0.3, 0.4) is 0 Å². The van der Waals surface area contributed by atoms with Gasteiger partial charge in [0.25, 0.3) is 0 Å². The lowest BCUT2D eigenvalue weighted by atomic mass is 10.0. The van der Waals surface area contributed by atoms with Gasteiger partial charge >= 0.3 is 6.03 Å². The van der Waals surface area contributed by atoms with Crippen LogP contribution in [0.4, 0.5) is 4.79 Å². The van der Waals surface area contributed by atoms with Crippen molar-refractivity contribution in [2.24, 2.45) is 0 Å². The highest BCUT2D eigenvalue weighted by atomic mass is 32.2. The van der Waals surface area contributed by atoms with E-state index in [0.29, 0.717) is 6.54 Å². The molecule has 27 heavy (non-hydrogen) atoms. The molecule has 0 bridgehead atoms. The SMILES string of the molecule is CS(=O)(=O)Cc1ccc(CNC(=O)N2CCCC2Cc2ccccc2)cc1. The molecule has 0 saturated carbocycles. The summed E-state index contributed by atoms with van der Waals surface area (Å²) in [6.45, 7) is 1.23. The largest absolute Gasteiger partial charge is 0.334 e. The Morgan fingerprint density at radius 3 is 2.37 bits per heavy atom. The molecule has 2 amide bonds. The second-order valence-electron chi connectivity index (χ2n) is 7.22. The van der Waals surface area contributed by atoms with Crippen molar-refractivity contribution in [3.63, 3.8) is 0 Å². The number of urea groups is 1. The molecular weight excluding hydrogens is 360 g/mol. The maximum Gasteiger partial charge on any atom is 0.317 e. The van der Waals surface area contributed by atoms with Crippen LogP contribution in [-0.4, -0.2) is 38.2 Å². The summed E-state index contributed by atoms with van der Waals surface area (Å²) in [4.78, 5) is 14.5. The molecule has 0 radical (unpaired) electrons. The quantitative estimate of drug-likeness (QED) is 0.829. The Morgan fingerprint density at radius 2 is 1.70 bits per heavy atom. The van der Waals surface area contributed by atoms with Crippen molar-refractivity contribution in [3.8, 4) is 0 Å². The molecule has 1 unspecified atom stereocenters. The van der Waals surface area contributed by atoms with Crippen molar-refractivity contribution in [3.05, 3.63) is 71.3 Å². The zero-order valence-electron chi connectivity index (χ0n) is 15.6. The third-order valence-electron chi connectivity index (χ3n) is 4.85. The normalized spacial score (nSPS) is 17.1. The number of carbonyl (C=O) groups is 1. The Kier molecular flexibility index (Phi) is 6.16. The van der Waals surface area contributed by atoms with Gasteiger partial charge < -0.3 is 10.2 Å². The van der Waals surface area contributed by atoms with E-state index in [1.54, 1.807) is 12.1 Å². The second-order valence-corrected chi connectivity index (χ2v) is 9.36. The van der Waals surface area contributed by atoms with Crippen molar-refractivity contribution >= 4 is 15.9 Å². The fourth-order valence-electron chi connectivity index (χ4n) is 3.54. The molecule has 1 saturated heterocycles. The fourth-order valence-corrected chi connectivity index (χ4v) is 4.33. The van der Waals surface area contributed by atoms with Crippen LogP contribution in [0, 0.1) is 0 Å². The molecular formula is C21H26N2O3S. The summed E-state index contributed by atoms with van der Waals surface area (Å²) in [5.41, 5.74) is 2.97. The van der Waals surface area contributed by atoms with Gasteiger partial charge in [-0.1, -0.05) is 54.6 Å². The van der Waals surface area contributed by atoms with Gasteiger partial charge in [-0.3, -0.25) is 0 Å². The average Bonchev–Trinajstić information content (AvgIpc) is 3.09. The summed E-state index contributed by atoms with van der Waals surface area (Å²) in [5.74, 6) is 0.0363. The molecule has 0 spiro atoms. The highest BCUT2D eigenvalue weighted by molar-refractivity contribution is 7.89. The van der Waals surface area contributed by atoms with E-state index in [9.17, 15) is 13.2 Å². The first-order valence-electron chi connectivity index (χ1n) is 9.25. The first-order chi connectivity index (χ1) is 12.9. The molecule has 1 heterocycles. The van der Waals surface area contributed by atoms with Crippen LogP contribution in [0.25, 0.3) is 0 Å². The molecule has 6 heteroatoms. The summed E-state index contributed by atoms with van der Waals surface area (Å²) < 4.78 is 22.7. The molecule has 1 atom stereocenters. The van der Waals surface area contributed by atoms with E-state index >= 15 is 0 Å². The summed E-state index contributed by atoms with van der Waals surface area (Å²) >= 11 is 0. The molecule has 144 valence electrons. The van der Waals surface area contributed by atoms with Crippen LogP contribution in [0.5, 0.6) is 0 Å². The Labute approximate surface area is 161 Å². The minimum Gasteiger partial charge on any atom is -0.334 e. The minimum atomic E-state index is -3.04. The lowest BCUT2D eigenvalue weighted by Crippen LogP contribution is -2.43. The number of hydrogen-bond donors (Lipinski definition) is 1. The van der Waals surface area contributed by atoms with Crippen molar-refractivity contribution in [1.82, 2.24) is 10.2 Å². The van der Waals surface area contributed by atoms with Crippen LogP contribution in [0.2, 0.25) is 0 Å². The van der Waals surface area contributed by atoms with Crippen molar-refractivity contribution in [1.29, 1.82) is 0 Å². The molecule has 3 rings (SSSR count). The zero-order chi connectivity index (χ0) is 19.3. The number of carbonyl (C=O) groups excluding carboxylic acids is 1. The van der Waals surface area contributed by atoms with E-state index in [1.165, 1.54) is 11.8 Å². The van der Waals surface area contributed by atoms with Crippen LogP contribution in [-0.2, 0) is 28.6 Å². The topological polar surface area (TPSA) is 66.5 Å². The molecule has 0 aromatic heterocycles. The Bertz CT molecular complexity index is 864. The number of amides is 2. The lowest BCUT2D eigenvalue weighted by Gasteiger charge is -2.25. The number of nitrogens with one attached hydrogen (secondary N) is 1. The highest BCUT2D eigenvalue weighted by Gasteiger charge is 2.28. The summed E-state index contributed by atoms with van der Waals surface area (Å²) in [7, 11) is -3.04. The van der Waals surface area contributed by atoms with Gasteiger partial charge in [-0.25, -0.2) is 13.2 Å². The number of nitrogens with zero attached hydrogens (tertiary/aromatic N) is 1. The van der Waals surface area contributed by atoms with E-state index < -0.39 is 9.84 Å². The van der Waals surface area contributed by atoms with Crippen LogP contribution in [0.15, 0.2) is 54.6 Å². The maximum atomic E-state index is 12.6. The van der Waals surface area contributed by atoms with E-state index in [0.717, 1.165) is 36.9 Å². The maximum absolute atomic E-state index is 12.6. The van der Waals surface area contributed by atoms with Gasteiger partial charge in [-0.05, 0) is 36.0 Å². The smallest absolute Gasteiger partial charge is 0.317 e. The number of benzene rings is 2. The number of sulfone groups is 1. The van der Waals surface area contributed by atoms with E-state index in [-0.39, 0.29) is 17.8 Å². The monoisotopic (exact) mass is 386 g/mol. The molecule has 1 N–H and O–H groups in total. The highest BCUT2D eigenvalue weighted by Crippen LogP contribution is 2.21. The lowest BCUT2D eigenvalue weighted by molar-refractivity contribution is 0.192.